The molecule has 3 rings (SSSR count). The van der Waals surface area contributed by atoms with Crippen molar-refractivity contribution in [2.45, 2.75) is 57.3 Å². The molecule has 1 aliphatic rings. The third-order valence-electron chi connectivity index (χ3n) is 6.08. The van der Waals surface area contributed by atoms with Crippen LogP contribution in [-0.2, 0) is 4.74 Å². The Balaban J connectivity index is 1.68. The molecule has 0 heterocycles. The lowest BCUT2D eigenvalue weighted by molar-refractivity contribution is -0.0916. The predicted octanol–water partition coefficient (Wildman–Crippen LogP) is 7.37. The number of hydrogen-bond donors (Lipinski definition) is 0. The van der Waals surface area contributed by atoms with Crippen LogP contribution in [0.2, 0.25) is 0 Å². The summed E-state index contributed by atoms with van der Waals surface area (Å²) in [5.41, 5.74) is 1.84. The monoisotopic (exact) mass is 438 g/mol. The van der Waals surface area contributed by atoms with Crippen molar-refractivity contribution in [2.75, 3.05) is 20.3 Å². The Bertz CT molecular complexity index is 843. The van der Waals surface area contributed by atoms with Gasteiger partial charge in [-0.25, -0.2) is 13.2 Å². The molecule has 6 heteroatoms. The van der Waals surface area contributed by atoms with E-state index in [1.54, 1.807) is 12.1 Å². The van der Waals surface area contributed by atoms with Crippen molar-refractivity contribution < 1.29 is 27.0 Å². The van der Waals surface area contributed by atoms with Crippen LogP contribution < -0.4 is 4.74 Å². The van der Waals surface area contributed by atoms with E-state index < -0.39 is 36.5 Å². The summed E-state index contributed by atoms with van der Waals surface area (Å²) in [7, 11) is 1.13. The number of benzene rings is 2. The zero-order valence-electron chi connectivity index (χ0n) is 18.1. The number of alkyl halides is 2. The fourth-order valence-corrected chi connectivity index (χ4v) is 4.43. The second-order valence-electron chi connectivity index (χ2n) is 8.45. The van der Waals surface area contributed by atoms with Gasteiger partial charge in [-0.15, -0.1) is 0 Å². The van der Waals surface area contributed by atoms with Crippen LogP contribution in [-0.4, -0.2) is 26.2 Å². The minimum absolute atomic E-state index is 0.0757. The molecule has 0 atom stereocenters. The zero-order valence-corrected chi connectivity index (χ0v) is 18.1. The van der Waals surface area contributed by atoms with Gasteiger partial charge in [0.25, 0.3) is 0 Å². The van der Waals surface area contributed by atoms with Gasteiger partial charge in [0.2, 0.25) is 5.82 Å². The first kappa shape index (κ1) is 23.6. The summed E-state index contributed by atoms with van der Waals surface area (Å²) in [6.45, 7) is 0.273. The van der Waals surface area contributed by atoms with Crippen LogP contribution >= 0.6 is 0 Å². The maximum Gasteiger partial charge on any atom is 0.304 e. The van der Waals surface area contributed by atoms with Crippen molar-refractivity contribution in [3.63, 3.8) is 0 Å². The van der Waals surface area contributed by atoms with E-state index in [2.05, 4.69) is 11.7 Å². The van der Waals surface area contributed by atoms with Gasteiger partial charge >= 0.3 is 5.92 Å². The second kappa shape index (κ2) is 10.5. The van der Waals surface area contributed by atoms with E-state index in [1.807, 2.05) is 12.1 Å². The maximum atomic E-state index is 14.6. The topological polar surface area (TPSA) is 18.5 Å². The van der Waals surface area contributed by atoms with E-state index >= 15 is 0 Å². The van der Waals surface area contributed by atoms with Gasteiger partial charge in [0, 0.05) is 12.7 Å². The van der Waals surface area contributed by atoms with Gasteiger partial charge in [0.15, 0.2) is 18.2 Å². The van der Waals surface area contributed by atoms with Crippen LogP contribution in [0.3, 0.4) is 0 Å². The van der Waals surface area contributed by atoms with Crippen LogP contribution in [0.4, 0.5) is 17.6 Å². The molecule has 2 aromatic rings. The molecule has 0 amide bonds. The molecule has 0 bridgehead atoms. The van der Waals surface area contributed by atoms with Crippen molar-refractivity contribution in [2.24, 2.45) is 5.92 Å². The summed E-state index contributed by atoms with van der Waals surface area (Å²) in [4.78, 5) is 0. The molecule has 1 fully saturated rings. The average molecular weight is 439 g/mol. The van der Waals surface area contributed by atoms with Crippen molar-refractivity contribution >= 4 is 0 Å². The first-order valence-corrected chi connectivity index (χ1v) is 10.9. The summed E-state index contributed by atoms with van der Waals surface area (Å²) < 4.78 is 65.2. The lowest BCUT2D eigenvalue weighted by Gasteiger charge is -2.28. The van der Waals surface area contributed by atoms with Gasteiger partial charge in [0.05, 0.1) is 0 Å². The average Bonchev–Trinajstić information content (AvgIpc) is 2.76. The van der Waals surface area contributed by atoms with E-state index in [4.69, 9.17) is 4.74 Å². The van der Waals surface area contributed by atoms with Crippen LogP contribution in [0.25, 0.3) is 11.1 Å². The highest BCUT2D eigenvalue weighted by atomic mass is 19.3. The summed E-state index contributed by atoms with van der Waals surface area (Å²) in [5, 5.41) is 0. The number of methoxy groups -OCH3 is 1. The van der Waals surface area contributed by atoms with E-state index in [0.29, 0.717) is 11.5 Å². The predicted molar refractivity (Wildman–Crippen MR) is 114 cm³/mol. The van der Waals surface area contributed by atoms with E-state index in [-0.39, 0.29) is 5.56 Å². The van der Waals surface area contributed by atoms with E-state index in [0.717, 1.165) is 25.9 Å². The third kappa shape index (κ3) is 6.00. The highest BCUT2D eigenvalue weighted by Crippen LogP contribution is 2.38. The molecular formula is C25H30F4O2. The molecule has 2 aromatic carbocycles. The Morgan fingerprint density at radius 2 is 1.58 bits per heavy atom. The Morgan fingerprint density at radius 1 is 0.903 bits per heavy atom. The molecule has 0 aliphatic heterocycles. The maximum absolute atomic E-state index is 14.6. The van der Waals surface area contributed by atoms with Gasteiger partial charge in [0.1, 0.15) is 6.61 Å². The molecule has 0 unspecified atom stereocenters. The summed E-state index contributed by atoms with van der Waals surface area (Å²) in [6.07, 6.45) is 7.32. The molecule has 31 heavy (non-hydrogen) atoms. The van der Waals surface area contributed by atoms with Gasteiger partial charge in [-0.1, -0.05) is 44.0 Å². The fourth-order valence-electron chi connectivity index (χ4n) is 4.43. The Labute approximate surface area is 181 Å². The largest absolute Gasteiger partial charge is 0.484 e. The van der Waals surface area contributed by atoms with Crippen LogP contribution in [0.15, 0.2) is 36.4 Å². The summed E-state index contributed by atoms with van der Waals surface area (Å²) in [5.74, 6) is -4.88. The molecule has 0 saturated heterocycles. The summed E-state index contributed by atoms with van der Waals surface area (Å²) in [6, 6.07) is 10.1. The smallest absolute Gasteiger partial charge is 0.304 e. The number of ether oxygens (including phenoxy) is 2. The fraction of sp³-hybridized carbons (Fsp3) is 0.520. The number of halogens is 4. The molecule has 170 valence electrons. The molecule has 0 radical (unpaired) electrons. The lowest BCUT2D eigenvalue weighted by atomic mass is 9.77. The number of hydrogen-bond acceptors (Lipinski definition) is 2. The molecule has 0 N–H and O–H groups in total. The van der Waals surface area contributed by atoms with Crippen LogP contribution in [0.1, 0.15) is 56.9 Å². The normalized spacial score (nSPS) is 19.4. The first-order valence-electron chi connectivity index (χ1n) is 10.9. The second-order valence-corrected chi connectivity index (χ2v) is 8.45. The quantitative estimate of drug-likeness (QED) is 0.381. The SMILES string of the molecule is CCCC1CCC(c2ccc(-c3ccc(OCC(F)(F)COC)c(F)c3F)cc2)CC1. The molecule has 2 nitrogen and oxygen atoms in total. The first-order chi connectivity index (χ1) is 14.8. The Hall–Kier alpha value is -2.08. The lowest BCUT2D eigenvalue weighted by Crippen LogP contribution is -2.31. The molecular weight excluding hydrogens is 408 g/mol. The highest BCUT2D eigenvalue weighted by Gasteiger charge is 2.31. The van der Waals surface area contributed by atoms with E-state index in [9.17, 15) is 17.6 Å². The molecule has 1 saturated carbocycles. The molecule has 1 aliphatic carbocycles. The van der Waals surface area contributed by atoms with Crippen molar-refractivity contribution in [3.05, 3.63) is 53.6 Å². The minimum Gasteiger partial charge on any atom is -0.484 e. The number of rotatable bonds is 9. The molecule has 0 aromatic heterocycles. The van der Waals surface area contributed by atoms with Gasteiger partial charge in [-0.3, -0.25) is 0 Å². The van der Waals surface area contributed by atoms with Crippen molar-refractivity contribution in [1.29, 1.82) is 0 Å². The van der Waals surface area contributed by atoms with Gasteiger partial charge in [-0.2, -0.15) is 4.39 Å². The standard InChI is InChI=1S/C25H30F4O2/c1-3-4-17-5-7-18(8-6-17)19-9-11-20(12-10-19)21-13-14-22(24(27)23(21)26)31-16-25(28,29)15-30-2/h9-14,17-18H,3-8,15-16H2,1-2H3. The zero-order chi connectivity index (χ0) is 22.4. The van der Waals surface area contributed by atoms with Gasteiger partial charge in [-0.05, 0) is 60.8 Å². The van der Waals surface area contributed by atoms with Crippen LogP contribution in [0.5, 0.6) is 5.75 Å². The Morgan fingerprint density at radius 3 is 2.19 bits per heavy atom. The van der Waals surface area contributed by atoms with Gasteiger partial charge < -0.3 is 9.47 Å². The third-order valence-corrected chi connectivity index (χ3v) is 6.08. The van der Waals surface area contributed by atoms with Crippen molar-refractivity contribution in [3.8, 4) is 16.9 Å². The van der Waals surface area contributed by atoms with E-state index in [1.165, 1.54) is 43.4 Å². The minimum atomic E-state index is -3.29. The van der Waals surface area contributed by atoms with Crippen molar-refractivity contribution in [1.82, 2.24) is 0 Å². The van der Waals surface area contributed by atoms with Crippen LogP contribution in [0, 0.1) is 17.6 Å². The highest BCUT2D eigenvalue weighted by molar-refractivity contribution is 5.65. The summed E-state index contributed by atoms with van der Waals surface area (Å²) >= 11 is 0. The molecule has 0 spiro atoms. The Kier molecular flexibility index (Phi) is 7.98.